The average molecular weight is 372 g/mol. The van der Waals surface area contributed by atoms with Crippen LogP contribution in [0.1, 0.15) is 49.7 Å². The van der Waals surface area contributed by atoms with E-state index >= 15 is 0 Å². The summed E-state index contributed by atoms with van der Waals surface area (Å²) in [5.74, 6) is -0.201. The van der Waals surface area contributed by atoms with Crippen molar-refractivity contribution in [3.05, 3.63) is 35.4 Å². The highest BCUT2D eigenvalue weighted by atomic mass is 16.5. The molecule has 1 aromatic rings. The molecular formula is C20H28N4O3. The van der Waals surface area contributed by atoms with E-state index in [-0.39, 0.29) is 30.4 Å². The Labute approximate surface area is 159 Å². The molecule has 146 valence electrons. The van der Waals surface area contributed by atoms with Gasteiger partial charge in [-0.2, -0.15) is 0 Å². The molecule has 1 saturated carbocycles. The van der Waals surface area contributed by atoms with Crippen molar-refractivity contribution in [2.75, 3.05) is 13.2 Å². The zero-order valence-electron chi connectivity index (χ0n) is 15.6. The second-order valence-corrected chi connectivity index (χ2v) is 7.29. The molecular weight excluding hydrogens is 344 g/mol. The predicted molar refractivity (Wildman–Crippen MR) is 102 cm³/mol. The molecule has 1 aliphatic heterocycles. The topological polar surface area (TPSA) is 109 Å². The van der Waals surface area contributed by atoms with Gasteiger partial charge in [0.2, 0.25) is 11.8 Å². The lowest BCUT2D eigenvalue weighted by atomic mass is 10.1. The van der Waals surface area contributed by atoms with E-state index < -0.39 is 6.04 Å². The fourth-order valence-electron chi connectivity index (χ4n) is 3.77. The number of hydrogen-bond acceptors (Lipinski definition) is 4. The number of nitrogens with zero attached hydrogens (tertiary/aromatic N) is 1. The first-order chi connectivity index (χ1) is 13.0. The number of amides is 2. The Morgan fingerprint density at radius 1 is 1.15 bits per heavy atom. The quantitative estimate of drug-likeness (QED) is 0.498. The van der Waals surface area contributed by atoms with Gasteiger partial charge in [0, 0.05) is 18.7 Å². The molecule has 1 atom stereocenters. The predicted octanol–water partition coefficient (Wildman–Crippen LogP) is 1.54. The summed E-state index contributed by atoms with van der Waals surface area (Å²) in [7, 11) is 0. The summed E-state index contributed by atoms with van der Waals surface area (Å²) >= 11 is 0. The van der Waals surface area contributed by atoms with Crippen LogP contribution in [0.2, 0.25) is 0 Å². The van der Waals surface area contributed by atoms with Crippen LogP contribution in [-0.2, 0) is 20.9 Å². The van der Waals surface area contributed by atoms with Gasteiger partial charge in [-0.1, -0.05) is 37.1 Å². The van der Waals surface area contributed by atoms with Gasteiger partial charge in [-0.25, -0.2) is 0 Å². The number of nitrogens with one attached hydrogen (secondary N) is 2. The Balaban J connectivity index is 1.48. The van der Waals surface area contributed by atoms with Crippen LogP contribution in [-0.4, -0.2) is 47.8 Å². The molecule has 27 heavy (non-hydrogen) atoms. The molecule has 7 nitrogen and oxygen atoms in total. The average Bonchev–Trinajstić information content (AvgIpc) is 3.36. The van der Waals surface area contributed by atoms with Crippen LogP contribution < -0.4 is 11.1 Å². The van der Waals surface area contributed by atoms with Crippen LogP contribution >= 0.6 is 0 Å². The second-order valence-electron chi connectivity index (χ2n) is 7.29. The summed E-state index contributed by atoms with van der Waals surface area (Å²) in [6, 6.07) is 6.78. The lowest BCUT2D eigenvalue weighted by Gasteiger charge is -2.24. The number of hydrogen-bond donors (Lipinski definition) is 3. The zero-order valence-corrected chi connectivity index (χ0v) is 15.6. The third-order valence-electron chi connectivity index (χ3n) is 5.35. The van der Waals surface area contributed by atoms with Gasteiger partial charge in [0.15, 0.2) is 0 Å². The Morgan fingerprint density at radius 2 is 1.85 bits per heavy atom. The Morgan fingerprint density at radius 3 is 2.52 bits per heavy atom. The number of likely N-dealkylation sites (tertiary alicyclic amines) is 1. The molecule has 2 fully saturated rings. The minimum absolute atomic E-state index is 0.0190. The normalized spacial score (nSPS) is 20.0. The molecule has 1 saturated heterocycles. The third kappa shape index (κ3) is 5.07. The van der Waals surface area contributed by atoms with Gasteiger partial charge in [-0.05, 0) is 31.2 Å². The SMILES string of the molecule is N=C(N)c1ccc(CNC(=O)C2CCCN2C(=O)COC2CCCC2)cc1. The molecule has 1 heterocycles. The summed E-state index contributed by atoms with van der Waals surface area (Å²) in [5.41, 5.74) is 7.02. The molecule has 1 unspecified atom stereocenters. The van der Waals surface area contributed by atoms with Gasteiger partial charge in [-0.3, -0.25) is 15.0 Å². The molecule has 0 radical (unpaired) electrons. The maximum atomic E-state index is 12.6. The fraction of sp³-hybridized carbons (Fsp3) is 0.550. The van der Waals surface area contributed by atoms with Crippen LogP contribution in [0.25, 0.3) is 0 Å². The number of ether oxygens (including phenoxy) is 1. The van der Waals surface area contributed by atoms with E-state index in [9.17, 15) is 9.59 Å². The van der Waals surface area contributed by atoms with Crippen molar-refractivity contribution >= 4 is 17.6 Å². The van der Waals surface area contributed by atoms with Crippen molar-refractivity contribution in [1.82, 2.24) is 10.2 Å². The van der Waals surface area contributed by atoms with Crippen LogP contribution in [0.4, 0.5) is 0 Å². The Kier molecular flexibility index (Phi) is 6.45. The molecule has 2 amide bonds. The Hall–Kier alpha value is -2.41. The first kappa shape index (κ1) is 19.4. The standard InChI is InChI=1S/C20H28N4O3/c21-19(22)15-9-7-14(8-10-15)12-23-20(26)17-6-3-11-24(17)18(25)13-27-16-4-1-2-5-16/h7-10,16-17H,1-6,11-13H2,(H3,21,22)(H,23,26). The van der Waals surface area contributed by atoms with Crippen LogP contribution in [0, 0.1) is 5.41 Å². The van der Waals surface area contributed by atoms with E-state index in [1.807, 2.05) is 12.1 Å². The van der Waals surface area contributed by atoms with Crippen molar-refractivity contribution in [3.63, 3.8) is 0 Å². The number of nitrogens with two attached hydrogens (primary N) is 1. The van der Waals surface area contributed by atoms with E-state index in [1.54, 1.807) is 17.0 Å². The number of carbonyl (C=O) groups excluding carboxylic acids is 2. The lowest BCUT2D eigenvalue weighted by molar-refractivity contribution is -0.143. The van der Waals surface area contributed by atoms with Gasteiger partial charge < -0.3 is 20.7 Å². The summed E-state index contributed by atoms with van der Waals surface area (Å²) in [6.07, 6.45) is 6.10. The summed E-state index contributed by atoms with van der Waals surface area (Å²) in [5, 5.41) is 10.3. The molecule has 3 rings (SSSR count). The van der Waals surface area contributed by atoms with Crippen molar-refractivity contribution in [2.24, 2.45) is 5.73 Å². The maximum absolute atomic E-state index is 12.6. The van der Waals surface area contributed by atoms with E-state index in [0.29, 0.717) is 25.1 Å². The Bertz CT molecular complexity index is 683. The molecule has 1 aliphatic carbocycles. The lowest BCUT2D eigenvalue weighted by Crippen LogP contribution is -2.47. The second kappa shape index (κ2) is 8.99. The minimum atomic E-state index is -0.416. The smallest absolute Gasteiger partial charge is 0.249 e. The van der Waals surface area contributed by atoms with E-state index in [2.05, 4.69) is 5.32 Å². The van der Waals surface area contributed by atoms with E-state index in [1.165, 1.54) is 12.8 Å². The molecule has 0 bridgehead atoms. The number of nitrogen functional groups attached to an aromatic ring is 1. The summed E-state index contributed by atoms with van der Waals surface area (Å²) in [4.78, 5) is 26.7. The van der Waals surface area contributed by atoms with Crippen LogP contribution in [0.3, 0.4) is 0 Å². The molecule has 2 aliphatic rings. The highest BCUT2D eigenvalue weighted by Crippen LogP contribution is 2.22. The minimum Gasteiger partial charge on any atom is -0.384 e. The van der Waals surface area contributed by atoms with Gasteiger partial charge in [0.25, 0.3) is 0 Å². The fourth-order valence-corrected chi connectivity index (χ4v) is 3.77. The van der Waals surface area contributed by atoms with Gasteiger partial charge in [0.05, 0.1) is 6.10 Å². The number of rotatable bonds is 7. The number of amidine groups is 1. The van der Waals surface area contributed by atoms with Crippen LogP contribution in [0.5, 0.6) is 0 Å². The molecule has 4 N–H and O–H groups in total. The highest BCUT2D eigenvalue weighted by Gasteiger charge is 2.34. The van der Waals surface area contributed by atoms with Gasteiger partial charge in [-0.15, -0.1) is 0 Å². The first-order valence-corrected chi connectivity index (χ1v) is 9.66. The highest BCUT2D eigenvalue weighted by molar-refractivity contribution is 5.94. The summed E-state index contributed by atoms with van der Waals surface area (Å²) in [6.45, 7) is 1.06. The van der Waals surface area contributed by atoms with Crippen molar-refractivity contribution < 1.29 is 14.3 Å². The van der Waals surface area contributed by atoms with Crippen molar-refractivity contribution in [3.8, 4) is 0 Å². The van der Waals surface area contributed by atoms with E-state index in [0.717, 1.165) is 24.8 Å². The van der Waals surface area contributed by atoms with Gasteiger partial charge >= 0.3 is 0 Å². The maximum Gasteiger partial charge on any atom is 0.249 e. The monoisotopic (exact) mass is 372 g/mol. The first-order valence-electron chi connectivity index (χ1n) is 9.66. The number of carbonyl (C=O) groups is 2. The van der Waals surface area contributed by atoms with Gasteiger partial charge in [0.1, 0.15) is 18.5 Å². The molecule has 1 aromatic carbocycles. The summed E-state index contributed by atoms with van der Waals surface area (Å²) < 4.78 is 5.71. The largest absolute Gasteiger partial charge is 0.384 e. The van der Waals surface area contributed by atoms with E-state index in [4.69, 9.17) is 15.9 Å². The van der Waals surface area contributed by atoms with Crippen LogP contribution in [0.15, 0.2) is 24.3 Å². The third-order valence-corrected chi connectivity index (χ3v) is 5.35. The zero-order chi connectivity index (χ0) is 19.2. The molecule has 7 heteroatoms. The van der Waals surface area contributed by atoms with Crippen molar-refractivity contribution in [1.29, 1.82) is 5.41 Å². The molecule has 0 aromatic heterocycles. The van der Waals surface area contributed by atoms with Crippen molar-refractivity contribution in [2.45, 2.75) is 57.2 Å². The number of benzene rings is 1. The molecule has 0 spiro atoms.